The highest BCUT2D eigenvalue weighted by atomic mass is 16.5. The van der Waals surface area contributed by atoms with E-state index in [9.17, 15) is 15.1 Å². The molecule has 0 saturated heterocycles. The fourth-order valence-electron chi connectivity index (χ4n) is 3.12. The molecule has 0 spiro atoms. The highest BCUT2D eigenvalue weighted by molar-refractivity contribution is 5.94. The topological polar surface area (TPSA) is 135 Å². The molecule has 184 valence electrons. The van der Waals surface area contributed by atoms with Gasteiger partial charge in [0, 0.05) is 25.2 Å². The predicted octanol–water partition coefficient (Wildman–Crippen LogP) is 0.881. The van der Waals surface area contributed by atoms with Gasteiger partial charge < -0.3 is 37.3 Å². The average Bonchev–Trinajstić information content (AvgIpc) is 2.79. The van der Waals surface area contributed by atoms with Crippen LogP contribution in [0.1, 0.15) is 48.9 Å². The van der Waals surface area contributed by atoms with Crippen LogP contribution in [-0.2, 0) is 0 Å². The largest absolute Gasteiger partial charge is 0.508 e. The highest BCUT2D eigenvalue weighted by Gasteiger charge is 2.05. The molecule has 1 aromatic rings. The summed E-state index contributed by atoms with van der Waals surface area (Å²) in [7, 11) is 0. The summed E-state index contributed by atoms with van der Waals surface area (Å²) in [6, 6.07) is 6.14. The van der Waals surface area contributed by atoms with Crippen LogP contribution in [0.3, 0.4) is 0 Å². The number of rotatable bonds is 21. The van der Waals surface area contributed by atoms with Gasteiger partial charge in [0.2, 0.25) is 0 Å². The average molecular weight is 453 g/mol. The van der Waals surface area contributed by atoms with Crippen molar-refractivity contribution in [3.05, 3.63) is 29.8 Å². The van der Waals surface area contributed by atoms with Crippen LogP contribution in [0.15, 0.2) is 24.3 Å². The van der Waals surface area contributed by atoms with E-state index in [-0.39, 0.29) is 11.7 Å². The van der Waals surface area contributed by atoms with E-state index >= 15 is 0 Å². The Hall–Kier alpha value is -1.75. The van der Waals surface area contributed by atoms with Gasteiger partial charge in [0.15, 0.2) is 0 Å². The maximum absolute atomic E-state index is 11.9. The molecule has 9 nitrogen and oxygen atoms in total. The number of nitrogens with one attached hydrogen (secondary N) is 4. The summed E-state index contributed by atoms with van der Waals surface area (Å²) in [6.07, 6.45) is 6.07. The Morgan fingerprint density at radius 1 is 0.750 bits per heavy atom. The van der Waals surface area contributed by atoms with Crippen LogP contribution in [0.25, 0.3) is 0 Å². The van der Waals surface area contributed by atoms with Gasteiger partial charge >= 0.3 is 0 Å². The molecule has 9 heteroatoms. The Balaban J connectivity index is 1.82. The van der Waals surface area contributed by atoms with Gasteiger partial charge in [0.05, 0.1) is 0 Å². The van der Waals surface area contributed by atoms with Crippen LogP contribution in [0.2, 0.25) is 0 Å². The Labute approximate surface area is 193 Å². The molecule has 0 radical (unpaired) electrons. The van der Waals surface area contributed by atoms with Crippen molar-refractivity contribution < 1.29 is 15.1 Å². The number of amides is 1. The number of carbonyl (C=O) groups is 1. The number of unbranched alkanes of at least 4 members (excludes halogenated alkanes) is 1. The van der Waals surface area contributed by atoms with Gasteiger partial charge in [-0.1, -0.05) is 0 Å². The zero-order valence-corrected chi connectivity index (χ0v) is 19.5. The quantitative estimate of drug-likeness (QED) is 0.108. The molecule has 0 aliphatic heterocycles. The van der Waals surface area contributed by atoms with E-state index in [0.29, 0.717) is 31.6 Å². The van der Waals surface area contributed by atoms with Crippen molar-refractivity contribution in [2.24, 2.45) is 5.73 Å². The number of nitrogens with zero attached hydrogens (tertiary/aromatic N) is 1. The third-order valence-electron chi connectivity index (χ3n) is 5.00. The lowest BCUT2D eigenvalue weighted by atomic mass is 10.2. The minimum atomic E-state index is -0.177. The Bertz CT molecular complexity index is 573. The van der Waals surface area contributed by atoms with E-state index in [2.05, 4.69) is 21.3 Å². The van der Waals surface area contributed by atoms with Crippen molar-refractivity contribution in [3.8, 4) is 5.75 Å². The number of phenolic OH excluding ortho intramolecular Hbond substituents is 1. The van der Waals surface area contributed by atoms with E-state index in [0.717, 1.165) is 65.1 Å². The van der Waals surface area contributed by atoms with Crippen molar-refractivity contribution >= 4 is 5.91 Å². The van der Waals surface area contributed by atoms with Crippen LogP contribution >= 0.6 is 0 Å². The van der Waals surface area contributed by atoms with Gasteiger partial charge in [-0.3, -0.25) is 4.79 Å². The molecule has 0 aliphatic carbocycles. The molecule has 0 bridgehead atoms. The number of benzene rings is 1. The first-order valence-corrected chi connectivity index (χ1v) is 12.0. The predicted molar refractivity (Wildman–Crippen MR) is 129 cm³/mol. The monoisotopic (exact) mass is 452 g/mol. The molecule has 0 saturated carbocycles. The number of hydroxylamine groups is 2. The molecule has 0 heterocycles. The zero-order valence-electron chi connectivity index (χ0n) is 19.5. The summed E-state index contributed by atoms with van der Waals surface area (Å²) in [4.78, 5) is 11.9. The number of hydrogen-bond donors (Lipinski definition) is 7. The molecule has 1 aromatic carbocycles. The second-order valence-electron chi connectivity index (χ2n) is 7.92. The second-order valence-corrected chi connectivity index (χ2v) is 7.92. The first-order valence-electron chi connectivity index (χ1n) is 12.0. The van der Waals surface area contributed by atoms with Crippen molar-refractivity contribution in [3.63, 3.8) is 0 Å². The van der Waals surface area contributed by atoms with E-state index in [1.54, 1.807) is 12.1 Å². The summed E-state index contributed by atoms with van der Waals surface area (Å²) >= 11 is 0. The van der Waals surface area contributed by atoms with Crippen LogP contribution in [0.4, 0.5) is 0 Å². The smallest absolute Gasteiger partial charge is 0.251 e. The second kappa shape index (κ2) is 19.9. The third kappa shape index (κ3) is 16.0. The standard InChI is InChI=1S/C23H44N6O3/c24-11-3-14-25-12-1-2-13-26-15-4-16-27-17-5-19-29(32)20-6-18-28-23(31)21-7-9-22(30)10-8-21/h7-10,25-27,30,32H,1-6,11-20,24H2,(H,28,31). The summed E-state index contributed by atoms with van der Waals surface area (Å²) in [5.41, 5.74) is 5.96. The summed E-state index contributed by atoms with van der Waals surface area (Å²) in [5.74, 6) is -0.0408. The molecular formula is C23H44N6O3. The number of carbonyl (C=O) groups excluding carboxylic acids is 1. The maximum Gasteiger partial charge on any atom is 0.251 e. The van der Waals surface area contributed by atoms with Crippen molar-refractivity contribution in [2.75, 3.05) is 65.4 Å². The Morgan fingerprint density at radius 3 is 1.84 bits per heavy atom. The number of nitrogens with two attached hydrogens (primary N) is 1. The third-order valence-corrected chi connectivity index (χ3v) is 5.00. The van der Waals surface area contributed by atoms with Crippen molar-refractivity contribution in [2.45, 2.75) is 38.5 Å². The highest BCUT2D eigenvalue weighted by Crippen LogP contribution is 2.09. The normalized spacial score (nSPS) is 11.2. The SMILES string of the molecule is NCCCNCCCCNCCCNCCCN(O)CCCNC(=O)c1ccc(O)cc1. The van der Waals surface area contributed by atoms with Crippen LogP contribution in [0, 0.1) is 0 Å². The van der Waals surface area contributed by atoms with Gasteiger partial charge in [-0.25, -0.2) is 0 Å². The number of hydrogen-bond acceptors (Lipinski definition) is 8. The van der Waals surface area contributed by atoms with Gasteiger partial charge in [-0.15, -0.1) is 0 Å². The Kier molecular flexibility index (Phi) is 17.6. The molecule has 1 amide bonds. The summed E-state index contributed by atoms with van der Waals surface area (Å²) < 4.78 is 0. The van der Waals surface area contributed by atoms with Gasteiger partial charge in [0.1, 0.15) is 5.75 Å². The maximum atomic E-state index is 11.9. The van der Waals surface area contributed by atoms with Crippen molar-refractivity contribution in [1.29, 1.82) is 0 Å². The minimum Gasteiger partial charge on any atom is -0.508 e. The zero-order chi connectivity index (χ0) is 23.3. The van der Waals surface area contributed by atoms with Gasteiger partial charge in [-0.05, 0) is 109 Å². The van der Waals surface area contributed by atoms with E-state index in [4.69, 9.17) is 5.73 Å². The first kappa shape index (κ1) is 28.3. The van der Waals surface area contributed by atoms with E-state index < -0.39 is 0 Å². The van der Waals surface area contributed by atoms with Crippen LogP contribution in [0.5, 0.6) is 5.75 Å². The molecule has 0 atom stereocenters. The fourth-order valence-corrected chi connectivity index (χ4v) is 3.12. The lowest BCUT2D eigenvalue weighted by molar-refractivity contribution is -0.0914. The molecule has 8 N–H and O–H groups in total. The molecule has 32 heavy (non-hydrogen) atoms. The van der Waals surface area contributed by atoms with E-state index in [1.165, 1.54) is 30.0 Å². The van der Waals surface area contributed by atoms with Crippen molar-refractivity contribution in [1.82, 2.24) is 26.3 Å². The molecule has 1 rings (SSSR count). The fraction of sp³-hybridized carbons (Fsp3) is 0.696. The lowest BCUT2D eigenvalue weighted by Crippen LogP contribution is -2.30. The molecule has 0 aliphatic rings. The molecule has 0 aromatic heterocycles. The molecular weight excluding hydrogens is 408 g/mol. The number of aromatic hydroxyl groups is 1. The van der Waals surface area contributed by atoms with Crippen LogP contribution < -0.4 is 27.0 Å². The summed E-state index contributed by atoms with van der Waals surface area (Å²) in [5, 5.41) is 33.5. The van der Waals surface area contributed by atoms with Gasteiger partial charge in [0.25, 0.3) is 5.91 Å². The van der Waals surface area contributed by atoms with E-state index in [1.807, 2.05) is 0 Å². The molecule has 0 fully saturated rings. The first-order chi connectivity index (χ1) is 15.6. The molecule has 0 unspecified atom stereocenters. The van der Waals surface area contributed by atoms with Crippen LogP contribution in [-0.4, -0.2) is 86.7 Å². The summed E-state index contributed by atoms with van der Waals surface area (Å²) in [6.45, 7) is 8.40. The Morgan fingerprint density at radius 2 is 1.25 bits per heavy atom. The number of phenols is 1. The minimum absolute atomic E-state index is 0.137. The lowest BCUT2D eigenvalue weighted by Gasteiger charge is -2.15. The van der Waals surface area contributed by atoms with Gasteiger partial charge in [-0.2, -0.15) is 5.06 Å².